The zero-order chi connectivity index (χ0) is 19.8. The lowest BCUT2D eigenvalue weighted by Crippen LogP contribution is -2.44. The number of hydrogen-bond donors (Lipinski definition) is 1. The van der Waals surface area contributed by atoms with Crippen LogP contribution in [-0.4, -0.2) is 62.0 Å². The Balaban J connectivity index is 1.45. The Kier molecular flexibility index (Phi) is 7.46. The van der Waals surface area contributed by atoms with Crippen molar-refractivity contribution in [2.75, 3.05) is 56.5 Å². The largest absolute Gasteiger partial charge is 0.369 e. The van der Waals surface area contributed by atoms with E-state index in [0.717, 1.165) is 51.5 Å². The van der Waals surface area contributed by atoms with E-state index >= 15 is 0 Å². The third-order valence-electron chi connectivity index (χ3n) is 5.37. The minimum atomic E-state index is 0.0684. The predicted octanol–water partition coefficient (Wildman–Crippen LogP) is 3.29. The fourth-order valence-electron chi connectivity index (χ4n) is 3.49. The van der Waals surface area contributed by atoms with Crippen molar-refractivity contribution >= 4 is 17.3 Å². The smallest absolute Gasteiger partial charge is 0.225 e. The second-order valence-corrected chi connectivity index (χ2v) is 7.49. The van der Waals surface area contributed by atoms with Crippen LogP contribution >= 0.6 is 0 Å². The van der Waals surface area contributed by atoms with Crippen molar-refractivity contribution in [3.63, 3.8) is 0 Å². The van der Waals surface area contributed by atoms with E-state index < -0.39 is 0 Å². The van der Waals surface area contributed by atoms with Crippen molar-refractivity contribution in [1.29, 1.82) is 0 Å². The molecule has 150 valence electrons. The molecule has 3 rings (SSSR count). The summed E-state index contributed by atoms with van der Waals surface area (Å²) >= 11 is 0. The van der Waals surface area contributed by atoms with Crippen LogP contribution in [0.2, 0.25) is 0 Å². The molecule has 1 N–H and O–H groups in total. The minimum Gasteiger partial charge on any atom is -0.369 e. The Labute approximate surface area is 168 Å². The molecule has 2 aromatic carbocycles. The van der Waals surface area contributed by atoms with Gasteiger partial charge in [0.2, 0.25) is 5.91 Å². The summed E-state index contributed by atoms with van der Waals surface area (Å²) in [7, 11) is 2.16. The molecule has 1 fully saturated rings. The van der Waals surface area contributed by atoms with Gasteiger partial charge in [0.15, 0.2) is 0 Å². The van der Waals surface area contributed by atoms with Gasteiger partial charge in [-0.3, -0.25) is 9.69 Å². The van der Waals surface area contributed by atoms with Gasteiger partial charge in [0.25, 0.3) is 0 Å². The molecule has 0 bridgehead atoms. The van der Waals surface area contributed by atoms with E-state index in [0.29, 0.717) is 6.42 Å². The standard InChI is InChI=1S/C23H32N4O/c1-3-26(19-20-7-5-4-6-8-20)14-13-23(28)24-21-9-11-22(12-10-21)27-17-15-25(2)16-18-27/h4-12H,3,13-19H2,1-2H3,(H,24,28). The fraction of sp³-hybridized carbons (Fsp3) is 0.435. The normalized spacial score (nSPS) is 15.0. The number of amides is 1. The molecule has 1 aliphatic heterocycles. The summed E-state index contributed by atoms with van der Waals surface area (Å²) in [6.07, 6.45) is 0.501. The number of likely N-dealkylation sites (N-methyl/N-ethyl adjacent to an activating group) is 1. The number of piperazine rings is 1. The van der Waals surface area contributed by atoms with E-state index in [9.17, 15) is 4.79 Å². The van der Waals surface area contributed by atoms with Gasteiger partial charge in [-0.1, -0.05) is 37.3 Å². The van der Waals surface area contributed by atoms with Crippen LogP contribution < -0.4 is 10.2 Å². The topological polar surface area (TPSA) is 38.8 Å². The Morgan fingerprint density at radius 2 is 1.68 bits per heavy atom. The van der Waals surface area contributed by atoms with E-state index in [2.05, 4.69) is 70.4 Å². The number of anilines is 2. The molecular formula is C23H32N4O. The number of hydrogen-bond acceptors (Lipinski definition) is 4. The fourth-order valence-corrected chi connectivity index (χ4v) is 3.49. The van der Waals surface area contributed by atoms with Crippen molar-refractivity contribution in [1.82, 2.24) is 9.80 Å². The number of carbonyl (C=O) groups is 1. The predicted molar refractivity (Wildman–Crippen MR) is 117 cm³/mol. The van der Waals surface area contributed by atoms with Gasteiger partial charge in [0.05, 0.1) is 0 Å². The van der Waals surface area contributed by atoms with Crippen molar-refractivity contribution in [2.24, 2.45) is 0 Å². The highest BCUT2D eigenvalue weighted by atomic mass is 16.1. The van der Waals surface area contributed by atoms with E-state index in [-0.39, 0.29) is 5.91 Å². The molecule has 0 radical (unpaired) electrons. The SMILES string of the molecule is CCN(CCC(=O)Nc1ccc(N2CCN(C)CC2)cc1)Cc1ccccc1. The minimum absolute atomic E-state index is 0.0684. The van der Waals surface area contributed by atoms with Crippen molar-refractivity contribution in [3.8, 4) is 0 Å². The number of carbonyl (C=O) groups excluding carboxylic acids is 1. The Morgan fingerprint density at radius 3 is 2.32 bits per heavy atom. The first kappa shape index (κ1) is 20.4. The van der Waals surface area contributed by atoms with Gasteiger partial charge in [0, 0.05) is 57.1 Å². The van der Waals surface area contributed by atoms with Gasteiger partial charge in [-0.2, -0.15) is 0 Å². The maximum absolute atomic E-state index is 12.4. The summed E-state index contributed by atoms with van der Waals surface area (Å²) in [5.74, 6) is 0.0684. The van der Waals surface area contributed by atoms with Gasteiger partial charge in [-0.25, -0.2) is 0 Å². The maximum atomic E-state index is 12.4. The Bertz CT molecular complexity index is 724. The van der Waals surface area contributed by atoms with Crippen molar-refractivity contribution < 1.29 is 4.79 Å². The summed E-state index contributed by atoms with van der Waals surface area (Å²) < 4.78 is 0. The van der Waals surface area contributed by atoms with E-state index in [1.54, 1.807) is 0 Å². The highest BCUT2D eigenvalue weighted by Crippen LogP contribution is 2.19. The zero-order valence-electron chi connectivity index (χ0n) is 17.1. The molecular weight excluding hydrogens is 348 g/mol. The lowest BCUT2D eigenvalue weighted by atomic mass is 10.2. The number of benzene rings is 2. The molecule has 0 aromatic heterocycles. The quantitative estimate of drug-likeness (QED) is 0.763. The maximum Gasteiger partial charge on any atom is 0.225 e. The second-order valence-electron chi connectivity index (χ2n) is 7.49. The third kappa shape index (κ3) is 6.08. The summed E-state index contributed by atoms with van der Waals surface area (Å²) in [5, 5.41) is 3.03. The molecule has 28 heavy (non-hydrogen) atoms. The molecule has 1 amide bonds. The molecule has 1 saturated heterocycles. The van der Waals surface area contributed by atoms with Crippen LogP contribution in [0.1, 0.15) is 18.9 Å². The van der Waals surface area contributed by atoms with Crippen molar-refractivity contribution in [2.45, 2.75) is 19.9 Å². The molecule has 0 unspecified atom stereocenters. The molecule has 0 spiro atoms. The van der Waals surface area contributed by atoms with Crippen LogP contribution in [0.15, 0.2) is 54.6 Å². The highest BCUT2D eigenvalue weighted by Gasteiger charge is 2.14. The van der Waals surface area contributed by atoms with Crippen LogP contribution in [0.4, 0.5) is 11.4 Å². The van der Waals surface area contributed by atoms with E-state index in [1.165, 1.54) is 11.3 Å². The van der Waals surface area contributed by atoms with Crippen LogP contribution in [0, 0.1) is 0 Å². The average molecular weight is 381 g/mol. The van der Waals surface area contributed by atoms with E-state index in [4.69, 9.17) is 0 Å². The van der Waals surface area contributed by atoms with Crippen LogP contribution in [-0.2, 0) is 11.3 Å². The number of rotatable bonds is 8. The first-order chi connectivity index (χ1) is 13.6. The molecule has 0 saturated carbocycles. The third-order valence-corrected chi connectivity index (χ3v) is 5.37. The second kappa shape index (κ2) is 10.2. The molecule has 5 nitrogen and oxygen atoms in total. The monoisotopic (exact) mass is 380 g/mol. The molecule has 5 heteroatoms. The molecule has 0 atom stereocenters. The highest BCUT2D eigenvalue weighted by molar-refractivity contribution is 5.91. The van der Waals surface area contributed by atoms with Crippen LogP contribution in [0.5, 0.6) is 0 Å². The molecule has 2 aromatic rings. The Hall–Kier alpha value is -2.37. The number of nitrogens with zero attached hydrogens (tertiary/aromatic N) is 3. The van der Waals surface area contributed by atoms with Gasteiger partial charge < -0.3 is 15.1 Å². The first-order valence-electron chi connectivity index (χ1n) is 10.2. The summed E-state index contributed by atoms with van der Waals surface area (Å²) in [6, 6.07) is 18.6. The van der Waals surface area contributed by atoms with Gasteiger partial charge in [0.1, 0.15) is 0 Å². The van der Waals surface area contributed by atoms with Gasteiger partial charge in [-0.15, -0.1) is 0 Å². The molecule has 0 aliphatic carbocycles. The zero-order valence-corrected chi connectivity index (χ0v) is 17.1. The first-order valence-corrected chi connectivity index (χ1v) is 10.2. The van der Waals surface area contributed by atoms with Gasteiger partial charge >= 0.3 is 0 Å². The average Bonchev–Trinajstić information content (AvgIpc) is 2.73. The van der Waals surface area contributed by atoms with Crippen LogP contribution in [0.3, 0.4) is 0 Å². The Morgan fingerprint density at radius 1 is 1.00 bits per heavy atom. The lowest BCUT2D eigenvalue weighted by Gasteiger charge is -2.34. The molecule has 1 heterocycles. The van der Waals surface area contributed by atoms with Gasteiger partial charge in [-0.05, 0) is 43.4 Å². The summed E-state index contributed by atoms with van der Waals surface area (Å²) in [5.41, 5.74) is 3.38. The summed E-state index contributed by atoms with van der Waals surface area (Å²) in [6.45, 7) is 9.00. The summed E-state index contributed by atoms with van der Waals surface area (Å²) in [4.78, 5) is 19.4. The molecule has 1 aliphatic rings. The van der Waals surface area contributed by atoms with Crippen molar-refractivity contribution in [3.05, 3.63) is 60.2 Å². The lowest BCUT2D eigenvalue weighted by molar-refractivity contribution is -0.116. The van der Waals surface area contributed by atoms with E-state index in [1.807, 2.05) is 18.2 Å². The van der Waals surface area contributed by atoms with Crippen LogP contribution in [0.25, 0.3) is 0 Å². The number of nitrogens with one attached hydrogen (secondary N) is 1.